The number of hydrogen-bond acceptors (Lipinski definition) is 3. The molecule has 2 rings (SSSR count). The van der Waals surface area contributed by atoms with Crippen LogP contribution in [-0.2, 0) is 16.0 Å². The lowest BCUT2D eigenvalue weighted by molar-refractivity contribution is -0.146. The van der Waals surface area contributed by atoms with Crippen LogP contribution in [-0.4, -0.2) is 24.5 Å². The van der Waals surface area contributed by atoms with Gasteiger partial charge in [-0.15, -0.1) is 0 Å². The molecule has 0 unspecified atom stereocenters. The minimum atomic E-state index is -0.698. The zero-order valence-electron chi connectivity index (χ0n) is 15.3. The summed E-state index contributed by atoms with van der Waals surface area (Å²) in [5.74, 6) is -0.649. The second kappa shape index (κ2) is 11.1. The first-order chi connectivity index (χ1) is 12.7. The fourth-order valence-electron chi connectivity index (χ4n) is 2.68. The first-order valence-corrected chi connectivity index (χ1v) is 9.27. The summed E-state index contributed by atoms with van der Waals surface area (Å²) in [4.78, 5) is 25.0. The Balaban J connectivity index is 1.98. The van der Waals surface area contributed by atoms with Crippen molar-refractivity contribution in [3.63, 3.8) is 0 Å². The molecular weight excluding hydrogens is 326 g/mol. The Morgan fingerprint density at radius 1 is 0.923 bits per heavy atom. The van der Waals surface area contributed by atoms with Crippen LogP contribution in [0.25, 0.3) is 0 Å². The summed E-state index contributed by atoms with van der Waals surface area (Å²) >= 11 is 0. The molecule has 0 bridgehead atoms. The maximum absolute atomic E-state index is 12.5. The van der Waals surface area contributed by atoms with E-state index in [0.717, 1.165) is 31.2 Å². The molecule has 26 heavy (non-hydrogen) atoms. The van der Waals surface area contributed by atoms with Gasteiger partial charge in [0.05, 0.1) is 6.61 Å². The Kier molecular flexibility index (Phi) is 8.40. The maximum Gasteiger partial charge on any atom is 0.328 e. The van der Waals surface area contributed by atoms with E-state index < -0.39 is 6.04 Å². The highest BCUT2D eigenvalue weighted by Crippen LogP contribution is 2.08. The van der Waals surface area contributed by atoms with Gasteiger partial charge in [-0.05, 0) is 24.1 Å². The summed E-state index contributed by atoms with van der Waals surface area (Å²) in [6.45, 7) is 2.53. The molecule has 0 radical (unpaired) electrons. The summed E-state index contributed by atoms with van der Waals surface area (Å²) in [7, 11) is 0. The Morgan fingerprint density at radius 3 is 2.23 bits per heavy atom. The van der Waals surface area contributed by atoms with E-state index in [1.165, 1.54) is 0 Å². The van der Waals surface area contributed by atoms with E-state index >= 15 is 0 Å². The van der Waals surface area contributed by atoms with Crippen molar-refractivity contribution in [2.45, 2.75) is 45.1 Å². The number of carbonyl (C=O) groups is 2. The van der Waals surface area contributed by atoms with Gasteiger partial charge in [-0.1, -0.05) is 74.7 Å². The number of esters is 1. The van der Waals surface area contributed by atoms with Gasteiger partial charge < -0.3 is 10.1 Å². The average molecular weight is 353 g/mol. The maximum atomic E-state index is 12.5. The number of benzene rings is 2. The van der Waals surface area contributed by atoms with Crippen LogP contribution in [0.4, 0.5) is 0 Å². The zero-order chi connectivity index (χ0) is 18.6. The SMILES string of the molecule is CCCCCCOC(=O)[C@H](Cc1ccccc1)NC(=O)c1ccccc1. The van der Waals surface area contributed by atoms with Gasteiger partial charge in [0.1, 0.15) is 6.04 Å². The number of nitrogens with one attached hydrogen (secondary N) is 1. The molecule has 0 aliphatic heterocycles. The molecule has 2 aromatic rings. The van der Waals surface area contributed by atoms with Crippen LogP contribution < -0.4 is 5.32 Å². The fraction of sp³-hybridized carbons (Fsp3) is 0.364. The molecule has 0 aromatic heterocycles. The Morgan fingerprint density at radius 2 is 1.58 bits per heavy atom. The summed E-state index contributed by atoms with van der Waals surface area (Å²) < 4.78 is 5.41. The quantitative estimate of drug-likeness (QED) is 0.516. The molecule has 1 atom stereocenters. The molecule has 0 saturated heterocycles. The fourth-order valence-corrected chi connectivity index (χ4v) is 2.68. The standard InChI is InChI=1S/C22H27NO3/c1-2-3-4-11-16-26-22(25)20(17-18-12-7-5-8-13-18)23-21(24)19-14-9-6-10-15-19/h5-10,12-15,20H,2-4,11,16-17H2,1H3,(H,23,24)/t20-/m0/s1. The van der Waals surface area contributed by atoms with E-state index in [1.807, 2.05) is 36.4 Å². The largest absolute Gasteiger partial charge is 0.464 e. The van der Waals surface area contributed by atoms with Crippen LogP contribution >= 0.6 is 0 Å². The lowest BCUT2D eigenvalue weighted by atomic mass is 10.1. The molecule has 0 heterocycles. The number of amides is 1. The van der Waals surface area contributed by atoms with E-state index in [-0.39, 0.29) is 11.9 Å². The zero-order valence-corrected chi connectivity index (χ0v) is 15.3. The van der Waals surface area contributed by atoms with Crippen LogP contribution in [0.3, 0.4) is 0 Å². The van der Waals surface area contributed by atoms with Crippen molar-refractivity contribution in [1.29, 1.82) is 0 Å². The second-order valence-corrected chi connectivity index (χ2v) is 6.31. The molecular formula is C22H27NO3. The van der Waals surface area contributed by atoms with Crippen LogP contribution in [0.15, 0.2) is 60.7 Å². The van der Waals surface area contributed by atoms with Gasteiger partial charge in [-0.3, -0.25) is 4.79 Å². The highest BCUT2D eigenvalue weighted by molar-refractivity contribution is 5.96. The van der Waals surface area contributed by atoms with Gasteiger partial charge in [0.25, 0.3) is 5.91 Å². The molecule has 0 aliphatic carbocycles. The molecule has 138 valence electrons. The lowest BCUT2D eigenvalue weighted by Crippen LogP contribution is -2.43. The van der Waals surface area contributed by atoms with Crippen molar-refractivity contribution < 1.29 is 14.3 Å². The van der Waals surface area contributed by atoms with Gasteiger partial charge in [0.2, 0.25) is 0 Å². The summed E-state index contributed by atoms with van der Waals surface area (Å²) in [5, 5.41) is 2.82. The molecule has 1 N–H and O–H groups in total. The minimum absolute atomic E-state index is 0.269. The number of carbonyl (C=O) groups excluding carboxylic acids is 2. The van der Waals surface area contributed by atoms with Gasteiger partial charge in [-0.25, -0.2) is 4.79 Å². The molecule has 2 aromatic carbocycles. The average Bonchev–Trinajstić information content (AvgIpc) is 2.68. The van der Waals surface area contributed by atoms with Crippen molar-refractivity contribution in [2.75, 3.05) is 6.61 Å². The summed E-state index contributed by atoms with van der Waals surface area (Å²) in [6, 6.07) is 17.8. The number of ether oxygens (including phenoxy) is 1. The van der Waals surface area contributed by atoms with Crippen LogP contribution in [0, 0.1) is 0 Å². The topological polar surface area (TPSA) is 55.4 Å². The van der Waals surface area contributed by atoms with Crippen molar-refractivity contribution in [3.8, 4) is 0 Å². The van der Waals surface area contributed by atoms with Crippen LogP contribution in [0.2, 0.25) is 0 Å². The third-order valence-corrected chi connectivity index (χ3v) is 4.15. The highest BCUT2D eigenvalue weighted by atomic mass is 16.5. The van der Waals surface area contributed by atoms with Crippen molar-refractivity contribution in [3.05, 3.63) is 71.8 Å². The normalized spacial score (nSPS) is 11.6. The molecule has 1 amide bonds. The van der Waals surface area contributed by atoms with Crippen molar-refractivity contribution in [1.82, 2.24) is 5.32 Å². The van der Waals surface area contributed by atoms with Crippen LogP contribution in [0.1, 0.15) is 48.5 Å². The molecule has 0 spiro atoms. The molecule has 0 aliphatic rings. The Hall–Kier alpha value is -2.62. The third-order valence-electron chi connectivity index (χ3n) is 4.15. The minimum Gasteiger partial charge on any atom is -0.464 e. The monoisotopic (exact) mass is 353 g/mol. The number of hydrogen-bond donors (Lipinski definition) is 1. The van der Waals surface area contributed by atoms with E-state index in [2.05, 4.69) is 12.2 Å². The van der Waals surface area contributed by atoms with Gasteiger partial charge in [-0.2, -0.15) is 0 Å². The van der Waals surface area contributed by atoms with E-state index in [4.69, 9.17) is 4.74 Å². The first kappa shape index (κ1) is 19.7. The van der Waals surface area contributed by atoms with E-state index in [9.17, 15) is 9.59 Å². The van der Waals surface area contributed by atoms with Gasteiger partial charge in [0.15, 0.2) is 0 Å². The predicted molar refractivity (Wildman–Crippen MR) is 103 cm³/mol. The molecule has 4 nitrogen and oxygen atoms in total. The number of unbranched alkanes of at least 4 members (excludes halogenated alkanes) is 3. The van der Waals surface area contributed by atoms with Crippen LogP contribution in [0.5, 0.6) is 0 Å². The highest BCUT2D eigenvalue weighted by Gasteiger charge is 2.23. The van der Waals surface area contributed by atoms with E-state index in [0.29, 0.717) is 18.6 Å². The van der Waals surface area contributed by atoms with Gasteiger partial charge >= 0.3 is 5.97 Å². The smallest absolute Gasteiger partial charge is 0.328 e. The van der Waals surface area contributed by atoms with Crippen molar-refractivity contribution in [2.24, 2.45) is 0 Å². The van der Waals surface area contributed by atoms with Gasteiger partial charge in [0, 0.05) is 12.0 Å². The Labute approximate surface area is 155 Å². The summed E-state index contributed by atoms with van der Waals surface area (Å²) in [5.41, 5.74) is 1.51. The lowest BCUT2D eigenvalue weighted by Gasteiger charge is -2.18. The summed E-state index contributed by atoms with van der Waals surface area (Å²) in [6.07, 6.45) is 4.58. The molecule has 0 saturated carbocycles. The predicted octanol–water partition coefficient (Wildman–Crippen LogP) is 4.15. The second-order valence-electron chi connectivity index (χ2n) is 6.31. The first-order valence-electron chi connectivity index (χ1n) is 9.27. The molecule has 4 heteroatoms. The number of rotatable bonds is 10. The molecule has 0 fully saturated rings. The van der Waals surface area contributed by atoms with Crippen molar-refractivity contribution >= 4 is 11.9 Å². The van der Waals surface area contributed by atoms with E-state index in [1.54, 1.807) is 24.3 Å². The third kappa shape index (κ3) is 6.71. The Bertz CT molecular complexity index is 670.